The average molecular weight is 404 g/mol. The molecule has 0 aliphatic carbocycles. The highest BCUT2D eigenvalue weighted by Crippen LogP contribution is 2.22. The normalized spacial score (nSPS) is 11.2. The van der Waals surface area contributed by atoms with Crippen LogP contribution in [0.5, 0.6) is 11.5 Å². The molecule has 9 heteroatoms. The molecule has 0 saturated carbocycles. The van der Waals surface area contributed by atoms with Gasteiger partial charge in [0, 0.05) is 17.3 Å². The summed E-state index contributed by atoms with van der Waals surface area (Å²) in [6.45, 7) is 0.914. The number of amides is 2. The van der Waals surface area contributed by atoms with Crippen molar-refractivity contribution in [1.82, 2.24) is 5.32 Å². The van der Waals surface area contributed by atoms with Gasteiger partial charge < -0.3 is 24.8 Å². The lowest BCUT2D eigenvalue weighted by molar-refractivity contribution is -0.152. The lowest BCUT2D eigenvalue weighted by atomic mass is 10.2. The highest BCUT2D eigenvalue weighted by atomic mass is 19.1. The Balaban J connectivity index is 1.87. The summed E-state index contributed by atoms with van der Waals surface area (Å²) < 4.78 is 28.3. The van der Waals surface area contributed by atoms with Crippen LogP contribution in [0.4, 0.5) is 10.1 Å². The Morgan fingerprint density at radius 2 is 1.69 bits per heavy atom. The molecule has 0 fully saturated rings. The van der Waals surface area contributed by atoms with Gasteiger partial charge in [-0.3, -0.25) is 14.4 Å². The first-order chi connectivity index (χ1) is 13.8. The molecule has 0 saturated heterocycles. The van der Waals surface area contributed by atoms with Crippen molar-refractivity contribution in [3.05, 3.63) is 53.8 Å². The molecule has 8 nitrogen and oxygen atoms in total. The van der Waals surface area contributed by atoms with Gasteiger partial charge in [0.25, 0.3) is 11.8 Å². The number of nitrogens with one attached hydrogen (secondary N) is 2. The molecule has 2 N–H and O–H groups in total. The second-order valence-electron chi connectivity index (χ2n) is 5.92. The molecule has 0 spiro atoms. The molecule has 2 aromatic rings. The first kappa shape index (κ1) is 21.7. The number of esters is 1. The lowest BCUT2D eigenvalue weighted by Gasteiger charge is -2.14. The zero-order valence-electron chi connectivity index (χ0n) is 16.2. The van der Waals surface area contributed by atoms with Crippen LogP contribution in [0.25, 0.3) is 0 Å². The third kappa shape index (κ3) is 6.49. The van der Waals surface area contributed by atoms with Crippen LogP contribution in [0.3, 0.4) is 0 Å². The molecular weight excluding hydrogens is 383 g/mol. The predicted octanol–water partition coefficient (Wildman–Crippen LogP) is 2.14. The van der Waals surface area contributed by atoms with Gasteiger partial charge in [-0.2, -0.15) is 0 Å². The number of benzene rings is 2. The van der Waals surface area contributed by atoms with E-state index in [1.807, 2.05) is 0 Å². The minimum atomic E-state index is -1.14. The maximum Gasteiger partial charge on any atom is 0.326 e. The molecule has 2 rings (SSSR count). The van der Waals surface area contributed by atoms with E-state index in [-0.39, 0.29) is 11.3 Å². The summed E-state index contributed by atoms with van der Waals surface area (Å²) in [5.74, 6) is -1.66. The number of carbonyl (C=O) groups is 3. The van der Waals surface area contributed by atoms with E-state index in [4.69, 9.17) is 14.2 Å². The average Bonchev–Trinajstić information content (AvgIpc) is 2.71. The van der Waals surface area contributed by atoms with Crippen LogP contribution in [0.15, 0.2) is 42.5 Å². The van der Waals surface area contributed by atoms with E-state index in [1.54, 1.807) is 6.07 Å². The Kier molecular flexibility index (Phi) is 7.53. The number of carbonyl (C=O) groups excluding carboxylic acids is 3. The van der Waals surface area contributed by atoms with Crippen LogP contribution >= 0.6 is 0 Å². The third-order valence-corrected chi connectivity index (χ3v) is 3.78. The van der Waals surface area contributed by atoms with Gasteiger partial charge in [-0.25, -0.2) is 4.39 Å². The van der Waals surface area contributed by atoms with Gasteiger partial charge in [0.05, 0.1) is 14.2 Å². The van der Waals surface area contributed by atoms with Crippen molar-refractivity contribution >= 4 is 23.5 Å². The SMILES string of the molecule is COc1cc(OC)cc(C(=O)NCC(=O)O[C@H](C)C(=O)Nc2cccc(F)c2)c1. The fraction of sp³-hybridized carbons (Fsp3) is 0.250. The van der Waals surface area contributed by atoms with Crippen molar-refractivity contribution in [2.75, 3.05) is 26.1 Å². The van der Waals surface area contributed by atoms with Crippen LogP contribution in [0.1, 0.15) is 17.3 Å². The highest BCUT2D eigenvalue weighted by Gasteiger charge is 2.19. The second-order valence-corrected chi connectivity index (χ2v) is 5.92. The molecule has 29 heavy (non-hydrogen) atoms. The van der Waals surface area contributed by atoms with E-state index in [0.717, 1.165) is 6.07 Å². The van der Waals surface area contributed by atoms with Gasteiger partial charge in [-0.05, 0) is 37.3 Å². The number of rotatable bonds is 8. The van der Waals surface area contributed by atoms with E-state index in [0.29, 0.717) is 11.5 Å². The molecule has 0 unspecified atom stereocenters. The Labute approximate surface area is 166 Å². The monoisotopic (exact) mass is 404 g/mol. The number of methoxy groups -OCH3 is 2. The maximum absolute atomic E-state index is 13.1. The number of halogens is 1. The van der Waals surface area contributed by atoms with Crippen molar-refractivity contribution in [2.45, 2.75) is 13.0 Å². The Morgan fingerprint density at radius 1 is 1.03 bits per heavy atom. The highest BCUT2D eigenvalue weighted by molar-refractivity contribution is 5.97. The largest absolute Gasteiger partial charge is 0.497 e. The first-order valence-electron chi connectivity index (χ1n) is 8.59. The molecule has 2 aromatic carbocycles. The summed E-state index contributed by atoms with van der Waals surface area (Å²) in [6, 6.07) is 9.87. The van der Waals surface area contributed by atoms with Gasteiger partial charge in [-0.1, -0.05) is 6.07 Å². The van der Waals surface area contributed by atoms with E-state index < -0.39 is 36.2 Å². The molecule has 2 amide bonds. The van der Waals surface area contributed by atoms with Crippen LogP contribution in [-0.4, -0.2) is 44.7 Å². The standard InChI is InChI=1S/C20H21FN2O6/c1-12(19(25)23-15-6-4-5-14(21)9-15)29-18(24)11-22-20(26)13-7-16(27-2)10-17(8-13)28-3/h4-10,12H,11H2,1-3H3,(H,22,26)(H,23,25)/t12-/m1/s1. The van der Waals surface area contributed by atoms with Gasteiger partial charge in [0.15, 0.2) is 6.10 Å². The number of ether oxygens (including phenoxy) is 3. The topological polar surface area (TPSA) is 103 Å². The fourth-order valence-electron chi connectivity index (χ4n) is 2.30. The van der Waals surface area contributed by atoms with E-state index in [1.165, 1.54) is 51.5 Å². The zero-order valence-corrected chi connectivity index (χ0v) is 16.2. The summed E-state index contributed by atoms with van der Waals surface area (Å²) in [6.07, 6.45) is -1.14. The molecule has 0 aliphatic rings. The predicted molar refractivity (Wildman–Crippen MR) is 102 cm³/mol. The summed E-state index contributed by atoms with van der Waals surface area (Å²) in [5, 5.41) is 4.83. The zero-order chi connectivity index (χ0) is 21.4. The lowest BCUT2D eigenvalue weighted by Crippen LogP contribution is -2.35. The smallest absolute Gasteiger partial charge is 0.326 e. The van der Waals surface area contributed by atoms with Gasteiger partial charge in [0.1, 0.15) is 23.9 Å². The van der Waals surface area contributed by atoms with Crippen molar-refractivity contribution in [2.24, 2.45) is 0 Å². The maximum atomic E-state index is 13.1. The molecule has 1 atom stereocenters. The summed E-state index contributed by atoms with van der Waals surface area (Å²) in [7, 11) is 2.90. The van der Waals surface area contributed by atoms with E-state index >= 15 is 0 Å². The molecule has 0 bridgehead atoms. The van der Waals surface area contributed by atoms with E-state index in [2.05, 4.69) is 10.6 Å². The van der Waals surface area contributed by atoms with Crippen molar-refractivity contribution in [3.63, 3.8) is 0 Å². The van der Waals surface area contributed by atoms with Crippen LogP contribution in [-0.2, 0) is 14.3 Å². The fourth-order valence-corrected chi connectivity index (χ4v) is 2.30. The minimum absolute atomic E-state index is 0.228. The van der Waals surface area contributed by atoms with Gasteiger partial charge in [-0.15, -0.1) is 0 Å². The molecule has 154 valence electrons. The number of hydrogen-bond donors (Lipinski definition) is 2. The van der Waals surface area contributed by atoms with Crippen molar-refractivity contribution < 1.29 is 33.0 Å². The number of hydrogen-bond acceptors (Lipinski definition) is 6. The Morgan fingerprint density at radius 3 is 2.28 bits per heavy atom. The van der Waals surface area contributed by atoms with Crippen molar-refractivity contribution in [3.8, 4) is 11.5 Å². The summed E-state index contributed by atoms with van der Waals surface area (Å²) >= 11 is 0. The quantitative estimate of drug-likeness (QED) is 0.654. The first-order valence-corrected chi connectivity index (χ1v) is 8.59. The van der Waals surface area contributed by atoms with Crippen LogP contribution in [0, 0.1) is 5.82 Å². The molecule has 0 aliphatic heterocycles. The summed E-state index contributed by atoms with van der Waals surface area (Å²) in [4.78, 5) is 36.2. The third-order valence-electron chi connectivity index (χ3n) is 3.78. The van der Waals surface area contributed by atoms with E-state index in [9.17, 15) is 18.8 Å². The number of anilines is 1. The summed E-state index contributed by atoms with van der Waals surface area (Å²) in [5.41, 5.74) is 0.462. The molecule has 0 radical (unpaired) electrons. The molecule has 0 aromatic heterocycles. The second kappa shape index (κ2) is 10.1. The Hall–Kier alpha value is -3.62. The minimum Gasteiger partial charge on any atom is -0.497 e. The van der Waals surface area contributed by atoms with Crippen molar-refractivity contribution in [1.29, 1.82) is 0 Å². The van der Waals surface area contributed by atoms with Crippen LogP contribution in [0.2, 0.25) is 0 Å². The Bertz CT molecular complexity index is 880. The van der Waals surface area contributed by atoms with Gasteiger partial charge >= 0.3 is 5.97 Å². The van der Waals surface area contributed by atoms with Crippen LogP contribution < -0.4 is 20.1 Å². The molecular formula is C20H21FN2O6. The molecule has 0 heterocycles. The van der Waals surface area contributed by atoms with Gasteiger partial charge in [0.2, 0.25) is 0 Å².